The zero-order valence-electron chi connectivity index (χ0n) is 15.9. The van der Waals surface area contributed by atoms with Gasteiger partial charge in [0.1, 0.15) is 5.82 Å². The Morgan fingerprint density at radius 2 is 1.70 bits per heavy atom. The smallest absolute Gasteiger partial charge is 0.255 e. The molecule has 0 aliphatic heterocycles. The summed E-state index contributed by atoms with van der Waals surface area (Å²) in [6, 6.07) is 13.6. The lowest BCUT2D eigenvalue weighted by Gasteiger charge is -2.18. The van der Waals surface area contributed by atoms with E-state index in [-0.39, 0.29) is 5.91 Å². The molecule has 27 heavy (non-hydrogen) atoms. The van der Waals surface area contributed by atoms with Crippen LogP contribution in [0.1, 0.15) is 27.0 Å². The largest absolute Gasteiger partial charge is 0.359 e. The number of carbonyl (C=O) groups excluding carboxylic acids is 1. The van der Waals surface area contributed by atoms with Gasteiger partial charge in [-0.3, -0.25) is 9.78 Å². The maximum atomic E-state index is 12.6. The number of rotatable bonds is 6. The van der Waals surface area contributed by atoms with E-state index in [2.05, 4.69) is 21.4 Å². The highest BCUT2D eigenvalue weighted by molar-refractivity contribution is 6.04. The van der Waals surface area contributed by atoms with Crippen molar-refractivity contribution in [2.45, 2.75) is 20.3 Å². The Hall–Kier alpha value is -3.21. The summed E-state index contributed by atoms with van der Waals surface area (Å²) in [5, 5.41) is 2.97. The summed E-state index contributed by atoms with van der Waals surface area (Å²) < 4.78 is 0. The van der Waals surface area contributed by atoms with Crippen molar-refractivity contribution in [3.63, 3.8) is 0 Å². The Balaban J connectivity index is 1.67. The minimum atomic E-state index is -0.133. The van der Waals surface area contributed by atoms with Gasteiger partial charge in [-0.05, 0) is 73.4 Å². The quantitative estimate of drug-likeness (QED) is 0.721. The zero-order chi connectivity index (χ0) is 19.2. The van der Waals surface area contributed by atoms with Crippen molar-refractivity contribution < 1.29 is 4.79 Å². The van der Waals surface area contributed by atoms with Gasteiger partial charge in [0.25, 0.3) is 5.91 Å². The average molecular weight is 360 g/mol. The van der Waals surface area contributed by atoms with Gasteiger partial charge in [0.15, 0.2) is 0 Å². The molecule has 5 nitrogen and oxygen atoms in total. The Bertz CT molecular complexity index is 904. The number of anilines is 2. The average Bonchev–Trinajstić information content (AvgIpc) is 2.66. The molecule has 0 unspecified atom stereocenters. The Morgan fingerprint density at radius 1 is 1.00 bits per heavy atom. The highest BCUT2D eigenvalue weighted by Crippen LogP contribution is 2.17. The maximum Gasteiger partial charge on any atom is 0.255 e. The third-order valence-electron chi connectivity index (χ3n) is 4.36. The summed E-state index contributed by atoms with van der Waals surface area (Å²) in [7, 11) is 1.98. The van der Waals surface area contributed by atoms with Crippen LogP contribution in [0.4, 0.5) is 11.5 Å². The molecule has 3 rings (SSSR count). The third kappa shape index (κ3) is 5.14. The summed E-state index contributed by atoms with van der Waals surface area (Å²) >= 11 is 0. The van der Waals surface area contributed by atoms with Crippen molar-refractivity contribution in [1.82, 2.24) is 9.97 Å². The summed E-state index contributed by atoms with van der Waals surface area (Å²) in [5.74, 6) is 0.642. The molecule has 0 atom stereocenters. The van der Waals surface area contributed by atoms with Crippen LogP contribution in [0.5, 0.6) is 0 Å². The van der Waals surface area contributed by atoms with Gasteiger partial charge in [0, 0.05) is 43.4 Å². The van der Waals surface area contributed by atoms with Crippen molar-refractivity contribution >= 4 is 17.4 Å². The van der Waals surface area contributed by atoms with Gasteiger partial charge < -0.3 is 10.2 Å². The van der Waals surface area contributed by atoms with Crippen LogP contribution in [0.2, 0.25) is 0 Å². The molecule has 0 aliphatic rings. The van der Waals surface area contributed by atoms with Crippen molar-refractivity contribution in [2.24, 2.45) is 0 Å². The highest BCUT2D eigenvalue weighted by Gasteiger charge is 2.10. The number of likely N-dealkylation sites (N-methyl/N-ethyl adjacent to an activating group) is 1. The molecule has 5 heteroatoms. The van der Waals surface area contributed by atoms with Gasteiger partial charge >= 0.3 is 0 Å². The standard InChI is InChI=1S/C22H24N4O/c1-16-12-17(2)14-20(13-16)25-22(27)19-6-10-24-21(15-19)26(3)11-7-18-4-8-23-9-5-18/h4-6,8-10,12-15H,7,11H2,1-3H3,(H,25,27). The summed E-state index contributed by atoms with van der Waals surface area (Å²) in [6.45, 7) is 4.84. The van der Waals surface area contributed by atoms with E-state index in [9.17, 15) is 4.79 Å². The topological polar surface area (TPSA) is 58.1 Å². The van der Waals surface area contributed by atoms with Crippen LogP contribution in [-0.4, -0.2) is 29.5 Å². The molecule has 3 aromatic rings. The second kappa shape index (κ2) is 8.45. The molecule has 1 N–H and O–H groups in total. The lowest BCUT2D eigenvalue weighted by atomic mass is 10.1. The van der Waals surface area contributed by atoms with Crippen LogP contribution in [-0.2, 0) is 6.42 Å². The normalized spacial score (nSPS) is 10.5. The van der Waals surface area contributed by atoms with Gasteiger partial charge in [0.05, 0.1) is 0 Å². The monoisotopic (exact) mass is 360 g/mol. The SMILES string of the molecule is Cc1cc(C)cc(NC(=O)c2ccnc(N(C)CCc3ccncc3)c2)c1. The number of aryl methyl sites for hydroxylation is 2. The van der Waals surface area contributed by atoms with Gasteiger partial charge in [-0.1, -0.05) is 6.07 Å². The molecule has 1 aromatic carbocycles. The minimum Gasteiger partial charge on any atom is -0.359 e. The zero-order valence-corrected chi connectivity index (χ0v) is 15.9. The first-order valence-electron chi connectivity index (χ1n) is 8.97. The molecule has 0 saturated carbocycles. The predicted octanol–water partition coefficient (Wildman–Crippen LogP) is 4.02. The van der Waals surface area contributed by atoms with Crippen molar-refractivity contribution in [1.29, 1.82) is 0 Å². The number of nitrogens with one attached hydrogen (secondary N) is 1. The number of carbonyl (C=O) groups is 1. The van der Waals surface area contributed by atoms with E-state index in [0.717, 1.165) is 35.6 Å². The van der Waals surface area contributed by atoms with E-state index in [4.69, 9.17) is 0 Å². The van der Waals surface area contributed by atoms with Crippen LogP contribution in [0, 0.1) is 13.8 Å². The molecule has 1 amide bonds. The number of aromatic nitrogens is 2. The third-order valence-corrected chi connectivity index (χ3v) is 4.36. The molecule has 0 saturated heterocycles. The number of amides is 1. The molecule has 0 aliphatic carbocycles. The number of hydrogen-bond acceptors (Lipinski definition) is 4. The summed E-state index contributed by atoms with van der Waals surface area (Å²) in [6.07, 6.45) is 6.16. The second-order valence-corrected chi connectivity index (χ2v) is 6.76. The lowest BCUT2D eigenvalue weighted by molar-refractivity contribution is 0.102. The molecule has 0 bridgehead atoms. The molecule has 2 aromatic heterocycles. The molecular weight excluding hydrogens is 336 g/mol. The number of hydrogen-bond donors (Lipinski definition) is 1. The van der Waals surface area contributed by atoms with Crippen LogP contribution in [0.3, 0.4) is 0 Å². The maximum absolute atomic E-state index is 12.6. The Labute approximate surface area is 160 Å². The first kappa shape index (κ1) is 18.6. The fraction of sp³-hybridized carbons (Fsp3) is 0.227. The van der Waals surface area contributed by atoms with E-state index < -0.39 is 0 Å². The van der Waals surface area contributed by atoms with Gasteiger partial charge in [-0.15, -0.1) is 0 Å². The summed E-state index contributed by atoms with van der Waals surface area (Å²) in [5.41, 5.74) is 4.87. The van der Waals surface area contributed by atoms with Crippen LogP contribution in [0.25, 0.3) is 0 Å². The fourth-order valence-electron chi connectivity index (χ4n) is 2.98. The minimum absolute atomic E-state index is 0.133. The summed E-state index contributed by atoms with van der Waals surface area (Å²) in [4.78, 5) is 23.1. The second-order valence-electron chi connectivity index (χ2n) is 6.76. The van der Waals surface area contributed by atoms with E-state index in [1.54, 1.807) is 24.7 Å². The van der Waals surface area contributed by atoms with Gasteiger partial charge in [-0.25, -0.2) is 4.98 Å². The van der Waals surface area contributed by atoms with Crippen molar-refractivity contribution in [3.8, 4) is 0 Å². The van der Waals surface area contributed by atoms with Crippen LogP contribution >= 0.6 is 0 Å². The van der Waals surface area contributed by atoms with E-state index in [1.807, 2.05) is 56.1 Å². The Morgan fingerprint density at radius 3 is 2.41 bits per heavy atom. The van der Waals surface area contributed by atoms with E-state index in [1.165, 1.54) is 5.56 Å². The number of benzene rings is 1. The Kier molecular flexibility index (Phi) is 5.81. The fourth-order valence-corrected chi connectivity index (χ4v) is 2.98. The van der Waals surface area contributed by atoms with Crippen molar-refractivity contribution in [2.75, 3.05) is 23.8 Å². The predicted molar refractivity (Wildman–Crippen MR) is 109 cm³/mol. The highest BCUT2D eigenvalue weighted by atomic mass is 16.1. The van der Waals surface area contributed by atoms with E-state index in [0.29, 0.717) is 5.56 Å². The molecule has 0 spiro atoms. The van der Waals surface area contributed by atoms with Crippen LogP contribution < -0.4 is 10.2 Å². The molecule has 0 radical (unpaired) electrons. The molecule has 0 fully saturated rings. The lowest BCUT2D eigenvalue weighted by Crippen LogP contribution is -2.22. The number of nitrogens with zero attached hydrogens (tertiary/aromatic N) is 3. The molecule has 138 valence electrons. The van der Waals surface area contributed by atoms with Crippen LogP contribution in [0.15, 0.2) is 61.1 Å². The van der Waals surface area contributed by atoms with Gasteiger partial charge in [0.2, 0.25) is 0 Å². The molecule has 2 heterocycles. The number of pyridine rings is 2. The first-order chi connectivity index (χ1) is 13.0. The molecular formula is C22H24N4O. The first-order valence-corrected chi connectivity index (χ1v) is 8.97. The van der Waals surface area contributed by atoms with Gasteiger partial charge in [-0.2, -0.15) is 0 Å². The van der Waals surface area contributed by atoms with E-state index >= 15 is 0 Å². The van der Waals surface area contributed by atoms with Crippen molar-refractivity contribution in [3.05, 3.63) is 83.3 Å².